The molecule has 0 spiro atoms. The third-order valence-corrected chi connectivity index (χ3v) is 5.64. The van der Waals surface area contributed by atoms with Crippen molar-refractivity contribution in [3.05, 3.63) is 28.3 Å². The van der Waals surface area contributed by atoms with Gasteiger partial charge in [-0.05, 0) is 39.5 Å². The third kappa shape index (κ3) is 4.43. The molecule has 0 bridgehead atoms. The average Bonchev–Trinajstić information content (AvgIpc) is 3.32. The van der Waals surface area contributed by atoms with E-state index in [0.717, 1.165) is 5.01 Å². The minimum atomic E-state index is -0.810. The predicted molar refractivity (Wildman–Crippen MR) is 107 cm³/mol. The summed E-state index contributed by atoms with van der Waals surface area (Å²) >= 11 is 1.56. The lowest BCUT2D eigenvalue weighted by Crippen LogP contribution is -2.52. The number of esters is 1. The third-order valence-electron chi connectivity index (χ3n) is 4.78. The van der Waals surface area contributed by atoms with Crippen LogP contribution in [0.15, 0.2) is 16.1 Å². The summed E-state index contributed by atoms with van der Waals surface area (Å²) in [5, 5.41) is 10.7. The Labute approximate surface area is 170 Å². The number of carbonyl (C=O) groups excluding carboxylic acids is 1. The summed E-state index contributed by atoms with van der Waals surface area (Å²) < 4.78 is 11.2. The zero-order valence-electron chi connectivity index (χ0n) is 17.5. The van der Waals surface area contributed by atoms with Crippen molar-refractivity contribution < 1.29 is 14.1 Å². The lowest BCUT2D eigenvalue weighted by atomic mass is 9.84. The van der Waals surface area contributed by atoms with Gasteiger partial charge in [-0.15, -0.1) is 11.3 Å². The molecule has 8 heteroatoms. The molecule has 154 valence electrons. The van der Waals surface area contributed by atoms with Gasteiger partial charge in [-0.3, -0.25) is 10.1 Å². The van der Waals surface area contributed by atoms with Gasteiger partial charge in [0.05, 0.1) is 6.04 Å². The molecule has 1 fully saturated rings. The SMILES string of the molecule is CCc1nc([C@@H]2C[C@@](CC(C)C)(C(=O)OC(C)(C)C)N[C@H]2c2nccs2)no1. The van der Waals surface area contributed by atoms with E-state index in [4.69, 9.17) is 9.26 Å². The summed E-state index contributed by atoms with van der Waals surface area (Å²) in [6.45, 7) is 11.9. The van der Waals surface area contributed by atoms with E-state index >= 15 is 0 Å². The van der Waals surface area contributed by atoms with Crippen LogP contribution in [0.4, 0.5) is 0 Å². The van der Waals surface area contributed by atoms with Crippen molar-refractivity contribution in [3.8, 4) is 0 Å². The molecular formula is C20H30N4O3S. The van der Waals surface area contributed by atoms with Crippen molar-refractivity contribution in [1.29, 1.82) is 0 Å². The number of nitrogens with zero attached hydrogens (tertiary/aromatic N) is 3. The van der Waals surface area contributed by atoms with E-state index in [0.29, 0.717) is 36.9 Å². The van der Waals surface area contributed by atoms with Crippen LogP contribution in [-0.4, -0.2) is 32.2 Å². The average molecular weight is 407 g/mol. The van der Waals surface area contributed by atoms with Crippen molar-refractivity contribution in [3.63, 3.8) is 0 Å². The Morgan fingerprint density at radius 3 is 2.75 bits per heavy atom. The van der Waals surface area contributed by atoms with Gasteiger partial charge in [-0.2, -0.15) is 4.98 Å². The number of hydrogen-bond donors (Lipinski definition) is 1. The van der Waals surface area contributed by atoms with Crippen LogP contribution in [0.5, 0.6) is 0 Å². The van der Waals surface area contributed by atoms with E-state index in [1.807, 2.05) is 33.1 Å². The highest BCUT2D eigenvalue weighted by molar-refractivity contribution is 7.09. The molecule has 7 nitrogen and oxygen atoms in total. The van der Waals surface area contributed by atoms with Gasteiger partial charge in [0, 0.05) is 23.9 Å². The highest BCUT2D eigenvalue weighted by Gasteiger charge is 2.54. The maximum Gasteiger partial charge on any atom is 0.326 e. The van der Waals surface area contributed by atoms with Gasteiger partial charge in [0.1, 0.15) is 16.1 Å². The largest absolute Gasteiger partial charge is 0.459 e. The molecule has 3 atom stereocenters. The highest BCUT2D eigenvalue weighted by atomic mass is 32.1. The number of aromatic nitrogens is 3. The molecule has 0 saturated carbocycles. The first kappa shape index (κ1) is 20.9. The molecule has 0 radical (unpaired) electrons. The molecule has 3 rings (SSSR count). The fraction of sp³-hybridized carbons (Fsp3) is 0.700. The number of thiazole rings is 1. The number of hydrogen-bond acceptors (Lipinski definition) is 8. The summed E-state index contributed by atoms with van der Waals surface area (Å²) in [5.74, 6) is 1.20. The Balaban J connectivity index is 2.00. The summed E-state index contributed by atoms with van der Waals surface area (Å²) in [5.41, 5.74) is -1.37. The summed E-state index contributed by atoms with van der Waals surface area (Å²) in [6, 6.07) is -0.159. The van der Waals surface area contributed by atoms with Crippen LogP contribution < -0.4 is 5.32 Å². The van der Waals surface area contributed by atoms with Crippen molar-refractivity contribution in [2.75, 3.05) is 0 Å². The van der Waals surface area contributed by atoms with Gasteiger partial charge in [0.25, 0.3) is 0 Å². The van der Waals surface area contributed by atoms with Gasteiger partial charge in [0.2, 0.25) is 5.89 Å². The molecule has 0 aromatic carbocycles. The van der Waals surface area contributed by atoms with Gasteiger partial charge in [-0.1, -0.05) is 25.9 Å². The van der Waals surface area contributed by atoms with Crippen LogP contribution in [0.1, 0.15) is 83.1 Å². The number of rotatable bonds is 6. The molecule has 1 aliphatic rings. The second-order valence-electron chi connectivity index (χ2n) is 8.88. The first-order chi connectivity index (χ1) is 13.1. The van der Waals surface area contributed by atoms with E-state index in [1.165, 1.54) is 0 Å². The van der Waals surface area contributed by atoms with E-state index in [-0.39, 0.29) is 17.9 Å². The molecule has 28 heavy (non-hydrogen) atoms. The number of nitrogens with one attached hydrogen (secondary N) is 1. The Morgan fingerprint density at radius 1 is 1.46 bits per heavy atom. The smallest absolute Gasteiger partial charge is 0.326 e. The lowest BCUT2D eigenvalue weighted by molar-refractivity contribution is -0.163. The monoisotopic (exact) mass is 406 g/mol. The zero-order chi connectivity index (χ0) is 20.5. The second kappa shape index (κ2) is 7.91. The molecule has 2 aromatic heterocycles. The van der Waals surface area contributed by atoms with Crippen LogP contribution in [0.3, 0.4) is 0 Å². The summed E-state index contributed by atoms with van der Waals surface area (Å²) in [7, 11) is 0. The molecule has 1 N–H and O–H groups in total. The van der Waals surface area contributed by atoms with Crippen LogP contribution in [0.2, 0.25) is 0 Å². The zero-order valence-corrected chi connectivity index (χ0v) is 18.3. The van der Waals surface area contributed by atoms with Gasteiger partial charge in [-0.25, -0.2) is 4.98 Å². The Bertz CT molecular complexity index is 797. The van der Waals surface area contributed by atoms with Crippen molar-refractivity contribution >= 4 is 17.3 Å². The summed E-state index contributed by atoms with van der Waals surface area (Å²) in [4.78, 5) is 22.4. The number of ether oxygens (including phenoxy) is 1. The molecule has 1 saturated heterocycles. The standard InChI is InChI=1S/C20H30N4O3S/c1-7-14-22-16(24-27-14)13-11-20(10-12(2)3,18(25)26-19(4,5)6)23-15(13)17-21-8-9-28-17/h8-9,12-13,15,23H,7,10-11H2,1-6H3/t13-,15-,20+/m1/s1. The second-order valence-corrected chi connectivity index (χ2v) is 9.81. The van der Waals surface area contributed by atoms with Crippen molar-refractivity contribution in [2.45, 2.75) is 83.9 Å². The predicted octanol–water partition coefficient (Wildman–Crippen LogP) is 4.03. The molecule has 1 aliphatic heterocycles. The summed E-state index contributed by atoms with van der Waals surface area (Å²) in [6.07, 6.45) is 3.67. The van der Waals surface area contributed by atoms with Gasteiger partial charge >= 0.3 is 5.97 Å². The van der Waals surface area contributed by atoms with E-state index in [2.05, 4.69) is 34.3 Å². The number of aryl methyl sites for hydroxylation is 1. The first-order valence-corrected chi connectivity index (χ1v) is 10.7. The number of carbonyl (C=O) groups is 1. The topological polar surface area (TPSA) is 90.1 Å². The minimum Gasteiger partial charge on any atom is -0.459 e. The molecule has 2 aromatic rings. The van der Waals surface area contributed by atoms with Crippen LogP contribution in [-0.2, 0) is 16.0 Å². The quantitative estimate of drug-likeness (QED) is 0.724. The Kier molecular flexibility index (Phi) is 5.91. The Morgan fingerprint density at radius 2 is 2.21 bits per heavy atom. The first-order valence-electron chi connectivity index (χ1n) is 9.86. The maximum atomic E-state index is 13.3. The minimum absolute atomic E-state index is 0.110. The van der Waals surface area contributed by atoms with Crippen molar-refractivity contribution in [2.24, 2.45) is 5.92 Å². The fourth-order valence-electron chi connectivity index (χ4n) is 3.82. The fourth-order valence-corrected chi connectivity index (χ4v) is 4.57. The molecule has 0 unspecified atom stereocenters. The molecule has 0 amide bonds. The molecular weight excluding hydrogens is 376 g/mol. The van der Waals surface area contributed by atoms with E-state index < -0.39 is 11.1 Å². The molecule has 0 aliphatic carbocycles. The Hall–Kier alpha value is -1.80. The molecule has 3 heterocycles. The van der Waals surface area contributed by atoms with Crippen LogP contribution in [0.25, 0.3) is 0 Å². The maximum absolute atomic E-state index is 13.3. The van der Waals surface area contributed by atoms with E-state index in [9.17, 15) is 4.79 Å². The van der Waals surface area contributed by atoms with Crippen LogP contribution >= 0.6 is 11.3 Å². The van der Waals surface area contributed by atoms with Crippen molar-refractivity contribution in [1.82, 2.24) is 20.4 Å². The van der Waals surface area contributed by atoms with Gasteiger partial charge < -0.3 is 9.26 Å². The van der Waals surface area contributed by atoms with Gasteiger partial charge in [0.15, 0.2) is 5.82 Å². The van der Waals surface area contributed by atoms with Crippen LogP contribution in [0, 0.1) is 5.92 Å². The normalized spacial score (nSPS) is 25.4. The highest BCUT2D eigenvalue weighted by Crippen LogP contribution is 2.47. The lowest BCUT2D eigenvalue weighted by Gasteiger charge is -2.33. The van der Waals surface area contributed by atoms with E-state index in [1.54, 1.807) is 17.5 Å².